The summed E-state index contributed by atoms with van der Waals surface area (Å²) in [4.78, 5) is 43.9. The normalized spacial score (nSPS) is 25.7. The van der Waals surface area contributed by atoms with Crippen molar-refractivity contribution in [2.24, 2.45) is 21.4 Å². The van der Waals surface area contributed by atoms with E-state index in [1.807, 2.05) is 13.0 Å². The number of nitrogens with zero attached hydrogens (tertiary/aromatic N) is 1. The Balaban J connectivity index is 1.43. The summed E-state index contributed by atoms with van der Waals surface area (Å²) in [6, 6.07) is 15.5. The van der Waals surface area contributed by atoms with E-state index in [2.05, 4.69) is 24.3 Å². The summed E-state index contributed by atoms with van der Waals surface area (Å²) in [6.45, 7) is 6.14. The molecular weight excluding hydrogens is 468 g/mol. The van der Waals surface area contributed by atoms with E-state index in [1.165, 1.54) is 6.07 Å². The number of amides is 1. The predicted octanol–water partition coefficient (Wildman–Crippen LogP) is 5.81. The summed E-state index contributed by atoms with van der Waals surface area (Å²) >= 11 is 6.26. The zero-order chi connectivity index (χ0) is 25.0. The molecule has 0 radical (unpaired) electrons. The van der Waals surface area contributed by atoms with Gasteiger partial charge in [-0.25, -0.2) is 9.59 Å². The Bertz CT molecular complexity index is 1460. The molecule has 2 aromatic carbocycles. The lowest BCUT2D eigenvalue weighted by Crippen LogP contribution is -2.43. The van der Waals surface area contributed by atoms with Gasteiger partial charge in [0.1, 0.15) is 11.1 Å². The van der Waals surface area contributed by atoms with Crippen LogP contribution < -0.4 is 10.9 Å². The molecule has 1 amide bonds. The average Bonchev–Trinajstić information content (AvgIpc) is 3.14. The van der Waals surface area contributed by atoms with Crippen molar-refractivity contribution in [1.82, 2.24) is 0 Å². The van der Waals surface area contributed by atoms with Gasteiger partial charge in [0.2, 0.25) is 5.91 Å². The van der Waals surface area contributed by atoms with Crippen LogP contribution in [0, 0.1) is 16.2 Å². The van der Waals surface area contributed by atoms with E-state index in [1.54, 1.807) is 42.5 Å². The molecule has 180 valence electrons. The Morgan fingerprint density at radius 2 is 1.77 bits per heavy atom. The standard InChI is InChI=1S/C27H25ClN2O5/c1-25(2)26(3)12-13-27(25,24(33)29-19-10-6-5-9-18(19)28)15-21(26)30-35-23(32)17-14-16-8-4-7-11-20(16)34-22(17)31/h4-11,14H,12-13,15H2,1-3H3,(H,29,33)/b30-21+. The number of para-hydroxylation sites is 2. The van der Waals surface area contributed by atoms with Crippen LogP contribution in [0.5, 0.6) is 0 Å². The average molecular weight is 493 g/mol. The first-order valence-electron chi connectivity index (χ1n) is 11.5. The smallest absolute Gasteiger partial charge is 0.373 e. The second kappa shape index (κ2) is 8.05. The van der Waals surface area contributed by atoms with Gasteiger partial charge in [0, 0.05) is 17.2 Å². The number of rotatable bonds is 4. The summed E-state index contributed by atoms with van der Waals surface area (Å²) in [6.07, 6.45) is 1.73. The molecule has 2 aliphatic rings. The first-order valence-corrected chi connectivity index (χ1v) is 11.8. The first-order chi connectivity index (χ1) is 16.6. The maximum absolute atomic E-state index is 13.6. The SMILES string of the molecule is CC12CCC(C(=O)Nc3ccccc3Cl)(C/C1=N\OC(=O)c1cc3ccccc3oc1=O)C2(C)C. The number of hydrogen-bond acceptors (Lipinski definition) is 6. The quantitative estimate of drug-likeness (QED) is 0.281. The van der Waals surface area contributed by atoms with Crippen molar-refractivity contribution in [1.29, 1.82) is 0 Å². The number of carbonyl (C=O) groups excluding carboxylic acids is 2. The van der Waals surface area contributed by atoms with Gasteiger partial charge in [-0.05, 0) is 42.5 Å². The molecule has 2 unspecified atom stereocenters. The van der Waals surface area contributed by atoms with E-state index in [-0.39, 0.29) is 11.5 Å². The van der Waals surface area contributed by atoms with E-state index < -0.39 is 27.8 Å². The van der Waals surface area contributed by atoms with Crippen LogP contribution in [0.25, 0.3) is 11.0 Å². The highest BCUT2D eigenvalue weighted by molar-refractivity contribution is 6.33. The molecule has 3 aromatic rings. The fraction of sp³-hybridized carbons (Fsp3) is 0.333. The molecule has 2 saturated carbocycles. The lowest BCUT2D eigenvalue weighted by atomic mass is 9.64. The molecule has 1 N–H and O–H groups in total. The van der Waals surface area contributed by atoms with E-state index in [0.29, 0.717) is 46.7 Å². The predicted molar refractivity (Wildman–Crippen MR) is 134 cm³/mol. The second-order valence-corrected chi connectivity index (χ2v) is 10.5. The zero-order valence-corrected chi connectivity index (χ0v) is 20.4. The van der Waals surface area contributed by atoms with Crippen molar-refractivity contribution in [3.8, 4) is 0 Å². The summed E-state index contributed by atoms with van der Waals surface area (Å²) in [5.41, 5.74) is -1.12. The molecule has 0 saturated heterocycles. The second-order valence-electron chi connectivity index (χ2n) is 10.1. The topological polar surface area (TPSA) is 98.0 Å². The summed E-state index contributed by atoms with van der Waals surface area (Å²) in [7, 11) is 0. The number of hydrogen-bond donors (Lipinski definition) is 1. The Kier molecular flexibility index (Phi) is 5.36. The van der Waals surface area contributed by atoms with Gasteiger partial charge < -0.3 is 14.6 Å². The third-order valence-corrected chi connectivity index (χ3v) is 8.72. The fourth-order valence-corrected chi connectivity index (χ4v) is 5.86. The zero-order valence-electron chi connectivity index (χ0n) is 19.7. The minimum Gasteiger partial charge on any atom is -0.422 e. The molecule has 35 heavy (non-hydrogen) atoms. The van der Waals surface area contributed by atoms with E-state index in [9.17, 15) is 14.4 Å². The monoisotopic (exact) mass is 492 g/mol. The Morgan fingerprint density at radius 1 is 1.06 bits per heavy atom. The highest BCUT2D eigenvalue weighted by Gasteiger charge is 2.71. The van der Waals surface area contributed by atoms with Crippen molar-refractivity contribution in [3.63, 3.8) is 0 Å². The number of halogens is 1. The van der Waals surface area contributed by atoms with Gasteiger partial charge in [-0.2, -0.15) is 0 Å². The van der Waals surface area contributed by atoms with Crippen LogP contribution in [0.2, 0.25) is 5.02 Å². The molecule has 2 atom stereocenters. The van der Waals surface area contributed by atoms with E-state index in [0.717, 1.165) is 0 Å². The minimum atomic E-state index is -0.893. The minimum absolute atomic E-state index is 0.133. The van der Waals surface area contributed by atoms with E-state index in [4.69, 9.17) is 20.9 Å². The number of benzene rings is 2. The van der Waals surface area contributed by atoms with Crippen molar-refractivity contribution in [3.05, 3.63) is 75.6 Å². The Hall–Kier alpha value is -3.45. The molecule has 5 rings (SSSR count). The molecule has 2 bridgehead atoms. The molecule has 2 aliphatic carbocycles. The number of carbonyl (C=O) groups is 2. The van der Waals surface area contributed by atoms with Gasteiger partial charge in [0.15, 0.2) is 0 Å². The number of anilines is 1. The largest absolute Gasteiger partial charge is 0.422 e. The first kappa shape index (κ1) is 23.3. The maximum atomic E-state index is 13.6. The highest BCUT2D eigenvalue weighted by atomic mass is 35.5. The van der Waals surface area contributed by atoms with Crippen molar-refractivity contribution in [2.75, 3.05) is 5.32 Å². The summed E-state index contributed by atoms with van der Waals surface area (Å²) in [5.74, 6) is -1.03. The van der Waals surface area contributed by atoms with Crippen LogP contribution >= 0.6 is 11.6 Å². The molecule has 7 nitrogen and oxygen atoms in total. The van der Waals surface area contributed by atoms with Crippen LogP contribution in [0.15, 0.2) is 69.0 Å². The third-order valence-electron chi connectivity index (χ3n) is 8.39. The fourth-order valence-electron chi connectivity index (χ4n) is 5.68. The van der Waals surface area contributed by atoms with Crippen LogP contribution in [0.3, 0.4) is 0 Å². The molecule has 1 aromatic heterocycles. The van der Waals surface area contributed by atoms with Crippen LogP contribution in [0.1, 0.15) is 50.4 Å². The van der Waals surface area contributed by atoms with Crippen LogP contribution in [-0.2, 0) is 9.63 Å². The van der Waals surface area contributed by atoms with E-state index >= 15 is 0 Å². The van der Waals surface area contributed by atoms with Gasteiger partial charge in [-0.15, -0.1) is 0 Å². The molecule has 0 aliphatic heterocycles. The van der Waals surface area contributed by atoms with Crippen LogP contribution in [0.4, 0.5) is 5.69 Å². The summed E-state index contributed by atoms with van der Waals surface area (Å²) < 4.78 is 5.23. The number of oxime groups is 1. The molecular formula is C27H25ClN2O5. The van der Waals surface area contributed by atoms with Crippen molar-refractivity contribution < 1.29 is 18.8 Å². The Morgan fingerprint density at radius 3 is 2.54 bits per heavy atom. The lowest BCUT2D eigenvalue weighted by molar-refractivity contribution is -0.130. The Labute approximate surface area is 207 Å². The lowest BCUT2D eigenvalue weighted by Gasteiger charge is -2.39. The third kappa shape index (κ3) is 3.40. The molecule has 2 fully saturated rings. The summed E-state index contributed by atoms with van der Waals surface area (Å²) in [5, 5.41) is 8.27. The molecule has 0 spiro atoms. The number of nitrogens with one attached hydrogen (secondary N) is 1. The van der Waals surface area contributed by atoms with Gasteiger partial charge in [-0.3, -0.25) is 4.79 Å². The molecule has 1 heterocycles. The van der Waals surface area contributed by atoms with Crippen molar-refractivity contribution in [2.45, 2.75) is 40.0 Å². The van der Waals surface area contributed by atoms with Gasteiger partial charge in [-0.1, -0.05) is 67.9 Å². The maximum Gasteiger partial charge on any atom is 0.373 e. The van der Waals surface area contributed by atoms with Crippen LogP contribution in [-0.4, -0.2) is 17.6 Å². The van der Waals surface area contributed by atoms with Gasteiger partial charge in [0.05, 0.1) is 21.8 Å². The number of fused-ring (bicyclic) bond motifs is 3. The highest BCUT2D eigenvalue weighted by Crippen LogP contribution is 2.71. The van der Waals surface area contributed by atoms with Crippen molar-refractivity contribution >= 4 is 45.8 Å². The van der Waals surface area contributed by atoms with Gasteiger partial charge >= 0.3 is 11.6 Å². The molecule has 8 heteroatoms. The van der Waals surface area contributed by atoms with Gasteiger partial charge in [0.25, 0.3) is 0 Å².